The molecule has 0 saturated heterocycles. The first-order chi connectivity index (χ1) is 10.9. The Labute approximate surface area is 146 Å². The second-order valence-corrected chi connectivity index (χ2v) is 6.23. The largest absolute Gasteiger partial charge is 0.345 e. The summed E-state index contributed by atoms with van der Waals surface area (Å²) >= 11 is 9.36. The van der Waals surface area contributed by atoms with Crippen molar-refractivity contribution in [3.63, 3.8) is 0 Å². The minimum Gasteiger partial charge on any atom is -0.345 e. The number of carbonyl (C=O) groups is 1. The zero-order valence-electron chi connectivity index (χ0n) is 12.3. The average molecular weight is 398 g/mol. The lowest BCUT2D eigenvalue weighted by Crippen LogP contribution is -2.28. The number of nitro benzene ring substituents is 1. The summed E-state index contributed by atoms with van der Waals surface area (Å²) in [4.78, 5) is 22.5. The zero-order valence-corrected chi connectivity index (χ0v) is 14.6. The molecule has 2 rings (SSSR count). The van der Waals surface area contributed by atoms with Crippen LogP contribution in [0.2, 0.25) is 5.02 Å². The maximum Gasteiger partial charge on any atom is 0.270 e. The molecule has 0 heterocycles. The third-order valence-electron chi connectivity index (χ3n) is 3.39. The summed E-state index contributed by atoms with van der Waals surface area (Å²) in [6.07, 6.45) is 0.706. The van der Waals surface area contributed by atoms with Crippen molar-refractivity contribution >= 4 is 39.1 Å². The Morgan fingerprint density at radius 3 is 2.48 bits per heavy atom. The molecular formula is C16H14BrClN2O3. The van der Waals surface area contributed by atoms with Crippen molar-refractivity contribution in [3.8, 4) is 0 Å². The van der Waals surface area contributed by atoms with Gasteiger partial charge in [-0.25, -0.2) is 0 Å². The van der Waals surface area contributed by atoms with E-state index in [1.807, 2.05) is 31.2 Å². The van der Waals surface area contributed by atoms with E-state index in [-0.39, 0.29) is 28.2 Å². The molecule has 120 valence electrons. The van der Waals surface area contributed by atoms with Crippen LogP contribution in [0.1, 0.15) is 35.3 Å². The van der Waals surface area contributed by atoms with E-state index in [4.69, 9.17) is 11.6 Å². The van der Waals surface area contributed by atoms with Crippen LogP contribution in [-0.4, -0.2) is 10.8 Å². The first-order valence-electron chi connectivity index (χ1n) is 6.92. The highest BCUT2D eigenvalue weighted by Crippen LogP contribution is 2.24. The van der Waals surface area contributed by atoms with Gasteiger partial charge in [-0.2, -0.15) is 0 Å². The average Bonchev–Trinajstić information content (AvgIpc) is 2.53. The maximum atomic E-state index is 12.4. The standard InChI is InChI=1S/C16H14BrClN2O3/c1-2-15(10-3-5-11(17)6-4-10)19-16(21)13-8-7-12(20(22)23)9-14(13)18/h3-9,15H,2H2,1H3,(H,19,21)/t15-/m1/s1. The number of nitro groups is 1. The van der Waals surface area contributed by atoms with Crippen molar-refractivity contribution in [2.45, 2.75) is 19.4 Å². The molecule has 0 aliphatic carbocycles. The maximum absolute atomic E-state index is 12.4. The van der Waals surface area contributed by atoms with Crippen molar-refractivity contribution in [2.75, 3.05) is 0 Å². The third kappa shape index (κ3) is 4.30. The van der Waals surface area contributed by atoms with Gasteiger partial charge in [-0.1, -0.05) is 46.6 Å². The Bertz CT molecular complexity index is 735. The molecule has 0 fully saturated rings. The van der Waals surface area contributed by atoms with Crippen molar-refractivity contribution in [2.24, 2.45) is 0 Å². The van der Waals surface area contributed by atoms with Crippen LogP contribution in [-0.2, 0) is 0 Å². The number of hydrogen-bond acceptors (Lipinski definition) is 3. The Kier molecular flexibility index (Phi) is 5.74. The highest BCUT2D eigenvalue weighted by molar-refractivity contribution is 9.10. The number of nitrogens with one attached hydrogen (secondary N) is 1. The van der Waals surface area contributed by atoms with Gasteiger partial charge in [0.05, 0.1) is 21.6 Å². The molecule has 0 aliphatic heterocycles. The highest BCUT2D eigenvalue weighted by Gasteiger charge is 2.18. The summed E-state index contributed by atoms with van der Waals surface area (Å²) in [7, 11) is 0. The Hall–Kier alpha value is -1.92. The first-order valence-corrected chi connectivity index (χ1v) is 8.09. The fraction of sp³-hybridized carbons (Fsp3) is 0.188. The summed E-state index contributed by atoms with van der Waals surface area (Å²) in [6, 6.07) is 11.3. The van der Waals surface area contributed by atoms with Crippen LogP contribution in [0.15, 0.2) is 46.9 Å². The smallest absolute Gasteiger partial charge is 0.270 e. The normalized spacial score (nSPS) is 11.8. The molecule has 0 aromatic heterocycles. The van der Waals surface area contributed by atoms with Gasteiger partial charge in [0.25, 0.3) is 11.6 Å². The summed E-state index contributed by atoms with van der Waals surface area (Å²) < 4.78 is 0.959. The van der Waals surface area contributed by atoms with Gasteiger partial charge >= 0.3 is 0 Å². The quantitative estimate of drug-likeness (QED) is 0.576. The van der Waals surface area contributed by atoms with Crippen LogP contribution < -0.4 is 5.32 Å². The van der Waals surface area contributed by atoms with Gasteiger partial charge in [-0.05, 0) is 30.2 Å². The van der Waals surface area contributed by atoms with Crippen LogP contribution in [0.3, 0.4) is 0 Å². The highest BCUT2D eigenvalue weighted by atomic mass is 79.9. The van der Waals surface area contributed by atoms with Gasteiger partial charge < -0.3 is 5.32 Å². The number of nitrogens with zero attached hydrogens (tertiary/aromatic N) is 1. The van der Waals surface area contributed by atoms with Crippen LogP contribution in [0.25, 0.3) is 0 Å². The topological polar surface area (TPSA) is 72.2 Å². The predicted molar refractivity (Wildman–Crippen MR) is 92.7 cm³/mol. The fourth-order valence-electron chi connectivity index (χ4n) is 2.15. The van der Waals surface area contributed by atoms with E-state index in [9.17, 15) is 14.9 Å². The lowest BCUT2D eigenvalue weighted by Gasteiger charge is -2.18. The van der Waals surface area contributed by atoms with Gasteiger partial charge in [-0.3, -0.25) is 14.9 Å². The molecule has 1 amide bonds. The minimum atomic E-state index is -0.551. The SMILES string of the molecule is CC[C@@H](NC(=O)c1ccc([N+](=O)[O-])cc1Cl)c1ccc(Br)cc1. The van der Waals surface area contributed by atoms with Crippen LogP contribution >= 0.6 is 27.5 Å². The second-order valence-electron chi connectivity index (χ2n) is 4.91. The number of non-ortho nitro benzene ring substituents is 1. The zero-order chi connectivity index (χ0) is 17.0. The van der Waals surface area contributed by atoms with Crippen molar-refractivity contribution in [3.05, 3.63) is 73.2 Å². The van der Waals surface area contributed by atoms with E-state index in [2.05, 4.69) is 21.2 Å². The van der Waals surface area contributed by atoms with Gasteiger partial charge in [0.1, 0.15) is 0 Å². The third-order valence-corrected chi connectivity index (χ3v) is 4.24. The lowest BCUT2D eigenvalue weighted by molar-refractivity contribution is -0.384. The van der Waals surface area contributed by atoms with Gasteiger partial charge in [-0.15, -0.1) is 0 Å². The second kappa shape index (κ2) is 7.57. The molecule has 2 aromatic rings. The first kappa shape index (κ1) is 17.4. The molecular weight excluding hydrogens is 384 g/mol. The number of benzene rings is 2. The molecule has 0 saturated carbocycles. The van der Waals surface area contributed by atoms with E-state index in [1.54, 1.807) is 0 Å². The summed E-state index contributed by atoms with van der Waals surface area (Å²) in [5.74, 6) is -0.361. The van der Waals surface area contributed by atoms with E-state index >= 15 is 0 Å². The molecule has 0 radical (unpaired) electrons. The molecule has 7 heteroatoms. The molecule has 5 nitrogen and oxygen atoms in total. The van der Waals surface area contributed by atoms with Gasteiger partial charge in [0, 0.05) is 16.6 Å². The molecule has 1 N–H and O–H groups in total. The fourth-order valence-corrected chi connectivity index (χ4v) is 2.68. The monoisotopic (exact) mass is 396 g/mol. The van der Waals surface area contributed by atoms with E-state index in [0.29, 0.717) is 6.42 Å². The van der Waals surface area contributed by atoms with Gasteiger partial charge in [0.15, 0.2) is 0 Å². The van der Waals surface area contributed by atoms with E-state index < -0.39 is 4.92 Å². The molecule has 0 aliphatic rings. The Balaban J connectivity index is 2.19. The number of rotatable bonds is 5. The molecule has 0 bridgehead atoms. The van der Waals surface area contributed by atoms with Crippen LogP contribution in [0.5, 0.6) is 0 Å². The Morgan fingerprint density at radius 2 is 1.96 bits per heavy atom. The van der Waals surface area contributed by atoms with Crippen molar-refractivity contribution in [1.29, 1.82) is 0 Å². The van der Waals surface area contributed by atoms with Crippen LogP contribution in [0.4, 0.5) is 5.69 Å². The van der Waals surface area contributed by atoms with Crippen molar-refractivity contribution < 1.29 is 9.72 Å². The number of amides is 1. The summed E-state index contributed by atoms with van der Waals surface area (Å²) in [6.45, 7) is 1.96. The molecule has 2 aromatic carbocycles. The van der Waals surface area contributed by atoms with Crippen molar-refractivity contribution in [1.82, 2.24) is 5.32 Å². The number of hydrogen-bond donors (Lipinski definition) is 1. The molecule has 0 spiro atoms. The molecule has 0 unspecified atom stereocenters. The number of carbonyl (C=O) groups excluding carboxylic acids is 1. The molecule has 1 atom stereocenters. The van der Waals surface area contributed by atoms with Gasteiger partial charge in [0.2, 0.25) is 0 Å². The predicted octanol–water partition coefficient (Wildman–Crippen LogP) is 4.89. The number of halogens is 2. The lowest BCUT2D eigenvalue weighted by atomic mass is 10.0. The minimum absolute atomic E-state index is 0.0577. The summed E-state index contributed by atoms with van der Waals surface area (Å²) in [5, 5.41) is 13.7. The van der Waals surface area contributed by atoms with E-state index in [1.165, 1.54) is 18.2 Å². The van der Waals surface area contributed by atoms with E-state index in [0.717, 1.165) is 10.0 Å². The van der Waals surface area contributed by atoms with Crippen LogP contribution in [0, 0.1) is 10.1 Å². The Morgan fingerprint density at radius 1 is 1.30 bits per heavy atom. The summed E-state index contributed by atoms with van der Waals surface area (Å²) in [5.41, 5.74) is 1.04. The molecule has 23 heavy (non-hydrogen) atoms.